The van der Waals surface area contributed by atoms with Gasteiger partial charge >= 0.3 is 6.61 Å². The van der Waals surface area contributed by atoms with Crippen LogP contribution >= 0.6 is 0 Å². The van der Waals surface area contributed by atoms with Crippen molar-refractivity contribution >= 4 is 22.7 Å². The van der Waals surface area contributed by atoms with E-state index in [4.69, 9.17) is 11.5 Å². The molecule has 2 heterocycles. The van der Waals surface area contributed by atoms with Crippen molar-refractivity contribution in [1.82, 2.24) is 14.9 Å². The van der Waals surface area contributed by atoms with Crippen LogP contribution in [0.5, 0.6) is 5.75 Å². The number of aromatic nitrogens is 2. The number of nitrogens with two attached hydrogens (primary N) is 2. The lowest BCUT2D eigenvalue weighted by Gasteiger charge is -2.33. The number of hydrogen-bond acceptors (Lipinski definition) is 6. The van der Waals surface area contributed by atoms with E-state index < -0.39 is 24.0 Å². The lowest BCUT2D eigenvalue weighted by Crippen LogP contribution is -2.52. The van der Waals surface area contributed by atoms with Crippen molar-refractivity contribution in [2.45, 2.75) is 19.3 Å². The maximum absolute atomic E-state index is 13.8. The summed E-state index contributed by atoms with van der Waals surface area (Å²) in [7, 11) is 0. The van der Waals surface area contributed by atoms with Gasteiger partial charge < -0.3 is 15.8 Å². The fourth-order valence-electron chi connectivity index (χ4n) is 3.28. The van der Waals surface area contributed by atoms with E-state index in [0.717, 1.165) is 12.1 Å². The van der Waals surface area contributed by atoms with E-state index in [-0.39, 0.29) is 17.1 Å². The van der Waals surface area contributed by atoms with E-state index in [1.165, 1.54) is 34.9 Å². The second kappa shape index (κ2) is 7.02. The third-order valence-corrected chi connectivity index (χ3v) is 4.53. The minimum Gasteiger partial charge on any atom is -0.435 e. The summed E-state index contributed by atoms with van der Waals surface area (Å²) in [5.41, 5.74) is 13.3. The van der Waals surface area contributed by atoms with Gasteiger partial charge in [0.05, 0.1) is 11.0 Å². The zero-order valence-corrected chi connectivity index (χ0v) is 15.5. The van der Waals surface area contributed by atoms with E-state index in [1.807, 2.05) is 0 Å². The van der Waals surface area contributed by atoms with Crippen molar-refractivity contribution in [3.05, 3.63) is 65.5 Å². The van der Waals surface area contributed by atoms with Crippen molar-refractivity contribution in [3.8, 4) is 5.75 Å². The maximum atomic E-state index is 13.8. The topological polar surface area (TPSA) is 103 Å². The zero-order chi connectivity index (χ0) is 21.6. The molecule has 1 atom stereocenters. The molecular weight excluding hydrogens is 404 g/mol. The van der Waals surface area contributed by atoms with Gasteiger partial charge in [0.1, 0.15) is 23.2 Å². The van der Waals surface area contributed by atoms with Gasteiger partial charge in [0.25, 0.3) is 0 Å². The molecule has 1 unspecified atom stereocenters. The fourth-order valence-corrected chi connectivity index (χ4v) is 3.28. The summed E-state index contributed by atoms with van der Waals surface area (Å²) in [4.78, 5) is 8.45. The molecule has 156 valence electrons. The number of halogens is 4. The zero-order valence-electron chi connectivity index (χ0n) is 15.5. The average molecular weight is 420 g/mol. The minimum absolute atomic E-state index is 0.0465. The molecule has 1 aliphatic rings. The Bertz CT molecular complexity index is 1190. The molecule has 30 heavy (non-hydrogen) atoms. The number of nitrogens with one attached hydrogen (secondary N) is 1. The molecule has 2 aromatic carbocycles. The summed E-state index contributed by atoms with van der Waals surface area (Å²) in [6.45, 7) is -1.31. The normalized spacial score (nSPS) is 18.9. The first-order valence-electron chi connectivity index (χ1n) is 8.70. The number of hydrogen-bond donors (Lipinski definition) is 3. The lowest BCUT2D eigenvalue weighted by atomic mass is 10.1. The maximum Gasteiger partial charge on any atom is 0.387 e. The molecule has 0 saturated heterocycles. The lowest BCUT2D eigenvalue weighted by molar-refractivity contribution is -0.0498. The van der Waals surface area contributed by atoms with Crippen molar-refractivity contribution < 1.29 is 22.3 Å². The SMILES string of the molecule is Cc1nc2cc(F)c(F)cc2n1C1=CC(N)=NC(N)(c2ccc(OC(F)F)cc2)N1. The first kappa shape index (κ1) is 19.7. The Morgan fingerprint density at radius 2 is 1.80 bits per heavy atom. The smallest absolute Gasteiger partial charge is 0.387 e. The molecule has 1 aliphatic heterocycles. The molecule has 0 bridgehead atoms. The van der Waals surface area contributed by atoms with Gasteiger partial charge in [0, 0.05) is 23.8 Å². The molecule has 0 radical (unpaired) electrons. The fraction of sp³-hybridized carbons (Fsp3) is 0.158. The number of aryl methyl sites for hydroxylation is 1. The predicted molar refractivity (Wildman–Crippen MR) is 102 cm³/mol. The van der Waals surface area contributed by atoms with Gasteiger partial charge in [-0.3, -0.25) is 10.3 Å². The summed E-state index contributed by atoms with van der Waals surface area (Å²) in [6.07, 6.45) is 1.47. The van der Waals surface area contributed by atoms with Crippen molar-refractivity contribution in [1.29, 1.82) is 0 Å². The summed E-state index contributed by atoms with van der Waals surface area (Å²) in [5, 5.41) is 3.00. The van der Waals surface area contributed by atoms with Crippen LogP contribution in [-0.4, -0.2) is 22.0 Å². The molecule has 0 aliphatic carbocycles. The molecule has 7 nitrogen and oxygen atoms in total. The van der Waals surface area contributed by atoms with E-state index in [1.54, 1.807) is 6.92 Å². The van der Waals surface area contributed by atoms with Gasteiger partial charge in [-0.05, 0) is 31.2 Å². The van der Waals surface area contributed by atoms with E-state index in [0.29, 0.717) is 22.7 Å². The average Bonchev–Trinajstić information content (AvgIpc) is 2.96. The Labute approximate surface area is 167 Å². The van der Waals surface area contributed by atoms with Crippen molar-refractivity contribution in [3.63, 3.8) is 0 Å². The number of benzene rings is 2. The Kier molecular flexibility index (Phi) is 4.61. The molecule has 0 amide bonds. The highest BCUT2D eigenvalue weighted by molar-refractivity contribution is 5.98. The number of ether oxygens (including phenoxy) is 1. The van der Waals surface area contributed by atoms with Crippen LogP contribution in [-0.2, 0) is 5.79 Å². The summed E-state index contributed by atoms with van der Waals surface area (Å²) in [6, 6.07) is 7.56. The van der Waals surface area contributed by atoms with Crippen LogP contribution < -0.4 is 21.5 Å². The van der Waals surface area contributed by atoms with Gasteiger partial charge in [-0.15, -0.1) is 0 Å². The van der Waals surface area contributed by atoms with Gasteiger partial charge in [-0.2, -0.15) is 8.78 Å². The third-order valence-electron chi connectivity index (χ3n) is 4.53. The van der Waals surface area contributed by atoms with E-state index in [2.05, 4.69) is 20.0 Å². The van der Waals surface area contributed by atoms with Crippen molar-refractivity contribution in [2.75, 3.05) is 0 Å². The number of fused-ring (bicyclic) bond motifs is 1. The van der Waals surface area contributed by atoms with E-state index in [9.17, 15) is 17.6 Å². The van der Waals surface area contributed by atoms with Crippen LogP contribution in [0.3, 0.4) is 0 Å². The first-order valence-corrected chi connectivity index (χ1v) is 8.70. The molecule has 0 saturated carbocycles. The van der Waals surface area contributed by atoms with Crippen molar-refractivity contribution in [2.24, 2.45) is 16.5 Å². The highest BCUT2D eigenvalue weighted by Gasteiger charge is 2.32. The largest absolute Gasteiger partial charge is 0.435 e. The van der Waals surface area contributed by atoms with E-state index >= 15 is 0 Å². The molecule has 0 fully saturated rings. The molecule has 5 N–H and O–H groups in total. The van der Waals surface area contributed by atoms with Crippen LogP contribution in [0.4, 0.5) is 17.6 Å². The number of imidazole rings is 1. The van der Waals surface area contributed by atoms with Gasteiger partial charge in [-0.1, -0.05) is 0 Å². The second-order valence-corrected chi connectivity index (χ2v) is 6.61. The summed E-state index contributed by atoms with van der Waals surface area (Å²) < 4.78 is 58.0. The molecule has 4 rings (SSSR count). The predicted octanol–water partition coefficient (Wildman–Crippen LogP) is 2.75. The van der Waals surface area contributed by atoms with Gasteiger partial charge in [0.15, 0.2) is 11.6 Å². The molecule has 0 spiro atoms. The second-order valence-electron chi connectivity index (χ2n) is 6.61. The number of aliphatic imine (C=N–C) groups is 1. The van der Waals surface area contributed by atoms with Crippen LogP contribution in [0.25, 0.3) is 16.9 Å². The van der Waals surface area contributed by atoms with Crippen LogP contribution in [0, 0.1) is 18.6 Å². The standard InChI is InChI=1S/C19H16F4N6O/c1-9-26-14-6-12(20)13(21)7-15(14)29(9)17-8-16(24)27-19(25,28-17)10-2-4-11(5-3-10)30-18(22)23/h2-8,18,28H,25H2,1H3,(H2,24,27). The monoisotopic (exact) mass is 420 g/mol. The Balaban J connectivity index is 1.74. The molecule has 1 aromatic heterocycles. The molecule has 3 aromatic rings. The quantitative estimate of drug-likeness (QED) is 0.563. The number of rotatable bonds is 4. The number of alkyl halides is 2. The van der Waals surface area contributed by atoms with Gasteiger partial charge in [-0.25, -0.2) is 18.8 Å². The van der Waals surface area contributed by atoms with Crippen LogP contribution in [0.2, 0.25) is 0 Å². The van der Waals surface area contributed by atoms with Crippen LogP contribution in [0.1, 0.15) is 11.4 Å². The third kappa shape index (κ3) is 3.43. The highest BCUT2D eigenvalue weighted by Crippen LogP contribution is 2.29. The molecular formula is C19H16F4N6O. The first-order chi connectivity index (χ1) is 14.2. The highest BCUT2D eigenvalue weighted by atomic mass is 19.3. The number of amidine groups is 1. The molecule has 11 heteroatoms. The number of nitrogens with zero attached hydrogens (tertiary/aromatic N) is 3. The summed E-state index contributed by atoms with van der Waals surface area (Å²) >= 11 is 0. The Morgan fingerprint density at radius 3 is 2.47 bits per heavy atom. The Morgan fingerprint density at radius 1 is 1.13 bits per heavy atom. The Hall–Kier alpha value is -3.60. The summed E-state index contributed by atoms with van der Waals surface area (Å²) in [5.74, 6) is -2.85. The van der Waals surface area contributed by atoms with Gasteiger partial charge in [0.2, 0.25) is 5.79 Å². The minimum atomic E-state index is -2.96. The van der Waals surface area contributed by atoms with Crippen LogP contribution in [0.15, 0.2) is 47.5 Å².